The number of aromatic amines is 2. The number of nitrogens with zero attached hydrogens (tertiary/aromatic N) is 1. The molecule has 114 valence electrons. The number of hydrogen-bond acceptors (Lipinski definition) is 3. The Morgan fingerprint density at radius 2 is 2.14 bits per heavy atom. The van der Waals surface area contributed by atoms with E-state index in [2.05, 4.69) is 34.3 Å². The van der Waals surface area contributed by atoms with Gasteiger partial charge in [0.25, 0.3) is 5.91 Å². The number of aromatic nitrogens is 3. The molecule has 3 rings (SSSR count). The van der Waals surface area contributed by atoms with Gasteiger partial charge in [-0.2, -0.15) is 0 Å². The van der Waals surface area contributed by atoms with Crippen LogP contribution in [0.1, 0.15) is 28.5 Å². The van der Waals surface area contributed by atoms with E-state index < -0.39 is 0 Å². The molecule has 22 heavy (non-hydrogen) atoms. The Morgan fingerprint density at radius 3 is 2.91 bits per heavy atom. The highest BCUT2D eigenvalue weighted by molar-refractivity contribution is 6.06. The van der Waals surface area contributed by atoms with E-state index >= 15 is 0 Å². The van der Waals surface area contributed by atoms with Gasteiger partial charge in [-0.15, -0.1) is 5.10 Å². The van der Waals surface area contributed by atoms with Gasteiger partial charge in [0, 0.05) is 17.0 Å². The Bertz CT molecular complexity index is 832. The van der Waals surface area contributed by atoms with E-state index in [0.717, 1.165) is 10.9 Å². The van der Waals surface area contributed by atoms with Crippen molar-refractivity contribution >= 4 is 22.6 Å². The number of hydrogen-bond donors (Lipinski definition) is 3. The number of aryl methyl sites for hydroxylation is 2. The van der Waals surface area contributed by atoms with E-state index in [0.29, 0.717) is 24.0 Å². The lowest BCUT2D eigenvalue weighted by atomic mass is 10.1. The molecule has 0 saturated heterocycles. The van der Waals surface area contributed by atoms with Gasteiger partial charge in [-0.1, -0.05) is 6.07 Å². The fourth-order valence-corrected chi connectivity index (χ4v) is 2.36. The van der Waals surface area contributed by atoms with Crippen molar-refractivity contribution < 1.29 is 9.53 Å². The van der Waals surface area contributed by atoms with Crippen LogP contribution in [0.4, 0.5) is 5.82 Å². The lowest BCUT2D eigenvalue weighted by molar-refractivity contribution is 0.102. The van der Waals surface area contributed by atoms with Gasteiger partial charge in [-0.05, 0) is 44.0 Å². The quantitative estimate of drug-likeness (QED) is 0.692. The molecule has 6 nitrogen and oxygen atoms in total. The maximum Gasteiger partial charge on any atom is 0.273 e. The molecule has 1 amide bonds. The molecule has 0 aliphatic rings. The van der Waals surface area contributed by atoms with Crippen molar-refractivity contribution in [2.24, 2.45) is 0 Å². The summed E-state index contributed by atoms with van der Waals surface area (Å²) in [6, 6.07) is 7.54. The SMILES string of the molecule is CCOc1cc(NC(=O)c2cc3c(C)c(C)ccc3[nH]2)[nH]n1. The summed E-state index contributed by atoms with van der Waals surface area (Å²) in [5.41, 5.74) is 3.84. The standard InChI is InChI=1S/C16H18N4O2/c1-4-22-15-8-14(19-20-15)18-16(21)13-7-11-10(3)9(2)5-6-12(11)17-13/h5-8,17H,4H2,1-3H3,(H2,18,19,20,21). The number of carbonyl (C=O) groups is 1. The third-order valence-corrected chi connectivity index (χ3v) is 3.68. The van der Waals surface area contributed by atoms with Crippen LogP contribution >= 0.6 is 0 Å². The summed E-state index contributed by atoms with van der Waals surface area (Å²) in [6.45, 7) is 6.51. The minimum Gasteiger partial charge on any atom is -0.477 e. The zero-order chi connectivity index (χ0) is 15.7. The topological polar surface area (TPSA) is 82.8 Å². The zero-order valence-corrected chi connectivity index (χ0v) is 12.8. The molecule has 0 bridgehead atoms. The normalized spacial score (nSPS) is 10.9. The van der Waals surface area contributed by atoms with Crippen molar-refractivity contribution in [3.63, 3.8) is 0 Å². The summed E-state index contributed by atoms with van der Waals surface area (Å²) >= 11 is 0. The third-order valence-electron chi connectivity index (χ3n) is 3.68. The average molecular weight is 298 g/mol. The first kappa shape index (κ1) is 14.2. The minimum absolute atomic E-state index is 0.222. The number of ether oxygens (including phenoxy) is 1. The van der Waals surface area contributed by atoms with Crippen molar-refractivity contribution in [3.8, 4) is 5.88 Å². The van der Waals surface area contributed by atoms with Gasteiger partial charge in [0.2, 0.25) is 5.88 Å². The van der Waals surface area contributed by atoms with E-state index in [-0.39, 0.29) is 5.91 Å². The van der Waals surface area contributed by atoms with Crippen molar-refractivity contribution in [1.29, 1.82) is 0 Å². The predicted octanol–water partition coefficient (Wildman–Crippen LogP) is 3.16. The number of nitrogens with one attached hydrogen (secondary N) is 3. The second kappa shape index (κ2) is 5.55. The highest BCUT2D eigenvalue weighted by Crippen LogP contribution is 2.23. The van der Waals surface area contributed by atoms with Gasteiger partial charge in [-0.25, -0.2) is 0 Å². The number of anilines is 1. The molecule has 0 aliphatic heterocycles. The first-order chi connectivity index (χ1) is 10.6. The van der Waals surface area contributed by atoms with Crippen molar-refractivity contribution in [2.75, 3.05) is 11.9 Å². The first-order valence-corrected chi connectivity index (χ1v) is 7.17. The Kier molecular flexibility index (Phi) is 3.58. The Labute approximate surface area is 127 Å². The second-order valence-electron chi connectivity index (χ2n) is 5.16. The Morgan fingerprint density at radius 1 is 1.32 bits per heavy atom. The van der Waals surface area contributed by atoms with E-state index in [1.807, 2.05) is 25.1 Å². The number of benzene rings is 1. The number of rotatable bonds is 4. The molecule has 3 N–H and O–H groups in total. The second-order valence-corrected chi connectivity index (χ2v) is 5.16. The first-order valence-electron chi connectivity index (χ1n) is 7.17. The molecule has 2 heterocycles. The number of amides is 1. The van der Waals surface area contributed by atoms with Crippen LogP contribution in [0.2, 0.25) is 0 Å². The summed E-state index contributed by atoms with van der Waals surface area (Å²) in [5, 5.41) is 10.5. The fraction of sp³-hybridized carbons (Fsp3) is 0.250. The molecule has 3 aromatic rings. The van der Waals surface area contributed by atoms with E-state index in [1.165, 1.54) is 11.1 Å². The molecule has 0 aliphatic carbocycles. The van der Waals surface area contributed by atoms with Crippen molar-refractivity contribution in [3.05, 3.63) is 41.1 Å². The van der Waals surface area contributed by atoms with Gasteiger partial charge >= 0.3 is 0 Å². The third kappa shape index (κ3) is 2.55. The number of H-pyrrole nitrogens is 2. The van der Waals surface area contributed by atoms with Crippen LogP contribution in [0.3, 0.4) is 0 Å². The van der Waals surface area contributed by atoms with Crippen molar-refractivity contribution in [2.45, 2.75) is 20.8 Å². The molecular formula is C16H18N4O2. The predicted molar refractivity (Wildman–Crippen MR) is 85.5 cm³/mol. The average Bonchev–Trinajstić information content (AvgIpc) is 3.11. The van der Waals surface area contributed by atoms with Crippen LogP contribution in [0.15, 0.2) is 24.3 Å². The fourth-order valence-electron chi connectivity index (χ4n) is 2.36. The van der Waals surface area contributed by atoms with Gasteiger partial charge in [-0.3, -0.25) is 9.89 Å². The van der Waals surface area contributed by atoms with Crippen LogP contribution in [0.5, 0.6) is 5.88 Å². The maximum absolute atomic E-state index is 12.3. The van der Waals surface area contributed by atoms with Gasteiger partial charge < -0.3 is 15.0 Å². The lowest BCUT2D eigenvalue weighted by Gasteiger charge is -1.99. The molecule has 6 heteroatoms. The van der Waals surface area contributed by atoms with E-state index in [1.54, 1.807) is 6.07 Å². The van der Waals surface area contributed by atoms with Crippen LogP contribution in [0.25, 0.3) is 10.9 Å². The number of carbonyl (C=O) groups excluding carboxylic acids is 1. The molecule has 0 atom stereocenters. The summed E-state index contributed by atoms with van der Waals surface area (Å²) in [4.78, 5) is 15.5. The molecule has 0 fully saturated rings. The van der Waals surface area contributed by atoms with Gasteiger partial charge in [0.15, 0.2) is 0 Å². The molecular weight excluding hydrogens is 280 g/mol. The summed E-state index contributed by atoms with van der Waals surface area (Å²) in [7, 11) is 0. The van der Waals surface area contributed by atoms with E-state index in [9.17, 15) is 4.79 Å². The highest BCUT2D eigenvalue weighted by Gasteiger charge is 2.13. The molecule has 1 aromatic carbocycles. The minimum atomic E-state index is -0.222. The molecule has 0 radical (unpaired) electrons. The molecule has 0 spiro atoms. The Balaban J connectivity index is 1.84. The molecule has 2 aromatic heterocycles. The summed E-state index contributed by atoms with van der Waals surface area (Å²) in [5.74, 6) is 0.737. The van der Waals surface area contributed by atoms with Crippen LogP contribution in [-0.4, -0.2) is 27.7 Å². The molecule has 0 saturated carbocycles. The summed E-state index contributed by atoms with van der Waals surface area (Å²) in [6.07, 6.45) is 0. The highest BCUT2D eigenvalue weighted by atomic mass is 16.5. The van der Waals surface area contributed by atoms with Gasteiger partial charge in [0.1, 0.15) is 11.5 Å². The largest absolute Gasteiger partial charge is 0.477 e. The van der Waals surface area contributed by atoms with Crippen LogP contribution < -0.4 is 10.1 Å². The lowest BCUT2D eigenvalue weighted by Crippen LogP contribution is -2.12. The maximum atomic E-state index is 12.3. The molecule has 0 unspecified atom stereocenters. The monoisotopic (exact) mass is 298 g/mol. The Hall–Kier alpha value is -2.76. The zero-order valence-electron chi connectivity index (χ0n) is 12.8. The van der Waals surface area contributed by atoms with E-state index in [4.69, 9.17) is 4.74 Å². The number of fused-ring (bicyclic) bond motifs is 1. The summed E-state index contributed by atoms with van der Waals surface area (Å²) < 4.78 is 5.25. The smallest absolute Gasteiger partial charge is 0.273 e. The van der Waals surface area contributed by atoms with Gasteiger partial charge in [0.05, 0.1) is 6.61 Å². The van der Waals surface area contributed by atoms with Crippen LogP contribution in [0, 0.1) is 13.8 Å². The van der Waals surface area contributed by atoms with Crippen LogP contribution in [-0.2, 0) is 0 Å². The van der Waals surface area contributed by atoms with Crippen molar-refractivity contribution in [1.82, 2.24) is 15.2 Å².